The Bertz CT molecular complexity index is 2470. The van der Waals surface area contributed by atoms with Crippen LogP contribution in [-0.2, 0) is 0 Å². The lowest BCUT2D eigenvalue weighted by Crippen LogP contribution is -2.10. The Balaban J connectivity index is 1.24. The summed E-state index contributed by atoms with van der Waals surface area (Å²) < 4.78 is 6.66. The maximum atomic E-state index is 6.66. The molecule has 0 aliphatic rings. The Morgan fingerprint density at radius 1 is 0.373 bits per heavy atom. The van der Waals surface area contributed by atoms with Gasteiger partial charge in [0.2, 0.25) is 5.89 Å². The van der Waals surface area contributed by atoms with E-state index in [-0.39, 0.29) is 0 Å². The summed E-state index contributed by atoms with van der Waals surface area (Å²) in [5.74, 6) is 0.607. The Morgan fingerprint density at radius 2 is 0.843 bits per heavy atom. The third-order valence-electron chi connectivity index (χ3n) is 9.23. The highest BCUT2D eigenvalue weighted by molar-refractivity contribution is 6.14. The lowest BCUT2D eigenvalue weighted by atomic mass is 9.97. The fourth-order valence-corrected chi connectivity index (χ4v) is 6.85. The molecule has 0 fully saturated rings. The molecule has 9 aromatic rings. The van der Waals surface area contributed by atoms with Gasteiger partial charge in [-0.15, -0.1) is 0 Å². The van der Waals surface area contributed by atoms with Crippen molar-refractivity contribution >= 4 is 56.0 Å². The molecular formula is C47H33N3O. The summed E-state index contributed by atoms with van der Waals surface area (Å²) in [6.07, 6.45) is 0. The van der Waals surface area contributed by atoms with Crippen LogP contribution in [0.3, 0.4) is 0 Å². The molecule has 0 saturated carbocycles. The summed E-state index contributed by atoms with van der Waals surface area (Å²) >= 11 is 0. The number of anilines is 6. The first-order valence-electron chi connectivity index (χ1n) is 17.1. The van der Waals surface area contributed by atoms with E-state index in [4.69, 9.17) is 9.40 Å². The molecule has 0 amide bonds. The summed E-state index contributed by atoms with van der Waals surface area (Å²) in [6, 6.07) is 69.8. The fraction of sp³-hybridized carbons (Fsp3) is 0. The maximum absolute atomic E-state index is 6.66. The molecule has 8 aromatic carbocycles. The molecule has 0 N–H and O–H groups in total. The van der Waals surface area contributed by atoms with E-state index in [1.165, 1.54) is 0 Å². The lowest BCUT2D eigenvalue weighted by Gasteiger charge is -2.27. The summed E-state index contributed by atoms with van der Waals surface area (Å²) in [5.41, 5.74) is 11.2. The molecule has 0 saturated heterocycles. The van der Waals surface area contributed by atoms with E-state index in [0.717, 1.165) is 72.7 Å². The average Bonchev–Trinajstić information content (AvgIpc) is 3.65. The highest BCUT2D eigenvalue weighted by atomic mass is 16.3. The second-order valence-corrected chi connectivity index (χ2v) is 12.5. The summed E-state index contributed by atoms with van der Waals surface area (Å²) in [7, 11) is 0. The number of fused-ring (bicyclic) bond motifs is 3. The zero-order chi connectivity index (χ0) is 34.0. The van der Waals surface area contributed by atoms with Crippen LogP contribution in [0.1, 0.15) is 0 Å². The zero-order valence-electron chi connectivity index (χ0n) is 27.8. The van der Waals surface area contributed by atoms with Crippen molar-refractivity contribution < 1.29 is 4.42 Å². The minimum Gasteiger partial charge on any atom is -0.435 e. The van der Waals surface area contributed by atoms with Crippen molar-refractivity contribution in [3.8, 4) is 22.6 Å². The first kappa shape index (κ1) is 30.2. The number of rotatable bonds is 8. The highest BCUT2D eigenvalue weighted by Gasteiger charge is 2.22. The molecule has 9 rings (SSSR count). The smallest absolute Gasteiger partial charge is 0.227 e. The van der Waals surface area contributed by atoms with E-state index < -0.39 is 0 Å². The van der Waals surface area contributed by atoms with Gasteiger partial charge in [-0.05, 0) is 108 Å². The molecule has 4 heteroatoms. The third kappa shape index (κ3) is 5.79. The van der Waals surface area contributed by atoms with Gasteiger partial charge in [0.05, 0.1) is 11.1 Å². The number of hydrogen-bond donors (Lipinski definition) is 0. The normalized spacial score (nSPS) is 11.1. The molecule has 0 spiro atoms. The van der Waals surface area contributed by atoms with Crippen LogP contribution in [0.15, 0.2) is 205 Å². The maximum Gasteiger partial charge on any atom is 0.227 e. The van der Waals surface area contributed by atoms with E-state index in [0.29, 0.717) is 5.89 Å². The highest BCUT2D eigenvalue weighted by Crippen LogP contribution is 2.45. The van der Waals surface area contributed by atoms with Gasteiger partial charge in [0.1, 0.15) is 5.52 Å². The van der Waals surface area contributed by atoms with Crippen LogP contribution in [-0.4, -0.2) is 4.98 Å². The van der Waals surface area contributed by atoms with Crippen molar-refractivity contribution in [2.75, 3.05) is 9.80 Å². The van der Waals surface area contributed by atoms with Crippen LogP contribution < -0.4 is 9.80 Å². The van der Waals surface area contributed by atoms with Gasteiger partial charge in [-0.25, -0.2) is 4.98 Å². The second kappa shape index (κ2) is 13.2. The monoisotopic (exact) mass is 655 g/mol. The second-order valence-electron chi connectivity index (χ2n) is 12.5. The quantitative estimate of drug-likeness (QED) is 0.163. The molecule has 1 aromatic heterocycles. The topological polar surface area (TPSA) is 32.5 Å². The molecule has 51 heavy (non-hydrogen) atoms. The van der Waals surface area contributed by atoms with Crippen molar-refractivity contribution in [1.29, 1.82) is 0 Å². The molecule has 0 aliphatic carbocycles. The van der Waals surface area contributed by atoms with Crippen LogP contribution in [0.25, 0.3) is 44.5 Å². The summed E-state index contributed by atoms with van der Waals surface area (Å²) in [4.78, 5) is 9.55. The molecule has 0 atom stereocenters. The van der Waals surface area contributed by atoms with Crippen LogP contribution in [0.5, 0.6) is 0 Å². The van der Waals surface area contributed by atoms with E-state index in [9.17, 15) is 0 Å². The van der Waals surface area contributed by atoms with E-state index >= 15 is 0 Å². The molecule has 0 aliphatic heterocycles. The van der Waals surface area contributed by atoms with Crippen LogP contribution >= 0.6 is 0 Å². The predicted octanol–water partition coefficient (Wildman–Crippen LogP) is 13.3. The van der Waals surface area contributed by atoms with E-state index in [2.05, 4.69) is 180 Å². The number of nitrogens with zero attached hydrogens (tertiary/aromatic N) is 3. The Labute approximate surface area is 297 Å². The molecule has 0 radical (unpaired) electrons. The average molecular weight is 656 g/mol. The Morgan fingerprint density at radius 3 is 1.37 bits per heavy atom. The van der Waals surface area contributed by atoms with Crippen molar-refractivity contribution in [3.63, 3.8) is 0 Å². The van der Waals surface area contributed by atoms with Crippen molar-refractivity contribution in [2.24, 2.45) is 0 Å². The zero-order valence-corrected chi connectivity index (χ0v) is 27.8. The number of aromatic nitrogens is 1. The van der Waals surface area contributed by atoms with Gasteiger partial charge < -0.3 is 14.2 Å². The lowest BCUT2D eigenvalue weighted by molar-refractivity contribution is 0.623. The minimum atomic E-state index is 0.607. The largest absolute Gasteiger partial charge is 0.435 e. The molecule has 0 unspecified atom stereocenters. The molecule has 242 valence electrons. The molecule has 1 heterocycles. The number of benzene rings is 8. The SMILES string of the molecule is c1ccc(-c2nc3ccc4cc(-c5ccc(N(c6ccccc6)c6ccccc6)cc5)cc(N(c5ccccc5)c5ccccc5)c4c3o2)cc1. The van der Waals surface area contributed by atoms with Gasteiger partial charge >= 0.3 is 0 Å². The Hall–Kier alpha value is -6.91. The number of oxazole rings is 1. The first-order chi connectivity index (χ1) is 25.3. The van der Waals surface area contributed by atoms with Gasteiger partial charge in [0.15, 0.2) is 5.58 Å². The van der Waals surface area contributed by atoms with Crippen molar-refractivity contribution in [2.45, 2.75) is 0 Å². The first-order valence-corrected chi connectivity index (χ1v) is 17.1. The van der Waals surface area contributed by atoms with Crippen molar-refractivity contribution in [3.05, 3.63) is 200 Å². The van der Waals surface area contributed by atoms with Crippen LogP contribution in [0, 0.1) is 0 Å². The fourth-order valence-electron chi connectivity index (χ4n) is 6.85. The predicted molar refractivity (Wildman–Crippen MR) is 212 cm³/mol. The number of hydrogen-bond acceptors (Lipinski definition) is 4. The van der Waals surface area contributed by atoms with Crippen LogP contribution in [0.4, 0.5) is 34.1 Å². The van der Waals surface area contributed by atoms with E-state index in [1.807, 2.05) is 30.3 Å². The Kier molecular flexibility index (Phi) is 7.80. The summed E-state index contributed by atoms with van der Waals surface area (Å²) in [5, 5.41) is 2.08. The molecule has 0 bridgehead atoms. The van der Waals surface area contributed by atoms with Crippen molar-refractivity contribution in [1.82, 2.24) is 4.98 Å². The van der Waals surface area contributed by atoms with Gasteiger partial charge in [-0.3, -0.25) is 0 Å². The summed E-state index contributed by atoms with van der Waals surface area (Å²) in [6.45, 7) is 0. The van der Waals surface area contributed by atoms with E-state index in [1.54, 1.807) is 0 Å². The van der Waals surface area contributed by atoms with Gasteiger partial charge in [-0.2, -0.15) is 0 Å². The third-order valence-corrected chi connectivity index (χ3v) is 9.23. The number of para-hydroxylation sites is 4. The van der Waals surface area contributed by atoms with Gasteiger partial charge in [0.25, 0.3) is 0 Å². The van der Waals surface area contributed by atoms with Crippen LogP contribution in [0.2, 0.25) is 0 Å². The van der Waals surface area contributed by atoms with Gasteiger partial charge in [0, 0.05) is 34.0 Å². The minimum absolute atomic E-state index is 0.607. The molecule has 4 nitrogen and oxygen atoms in total. The molecular weight excluding hydrogens is 623 g/mol. The van der Waals surface area contributed by atoms with Gasteiger partial charge in [-0.1, -0.05) is 109 Å². The standard InChI is InChI=1S/C47H33N3O/c1-6-16-35(17-7-1)47-48-43-31-28-36-32-37(34-26-29-42(30-27-34)49(38-18-8-2-9-19-38)39-20-10-3-11-21-39)33-44(45(36)46(43)51-47)50(40-22-12-4-13-23-40)41-24-14-5-15-25-41/h1-33H.